The van der Waals surface area contributed by atoms with Crippen LogP contribution in [0.3, 0.4) is 0 Å². The molecule has 0 saturated carbocycles. The van der Waals surface area contributed by atoms with Gasteiger partial charge in [0.25, 0.3) is 0 Å². The smallest absolute Gasteiger partial charge is 0.247 e. The van der Waals surface area contributed by atoms with Crippen molar-refractivity contribution >= 4 is 17.5 Å². The molecule has 0 aliphatic carbocycles. The maximum atomic E-state index is 12.0. The molecular weight excluding hydrogens is 304 g/mol. The molecule has 2 amide bonds. The molecule has 0 radical (unpaired) electrons. The maximum absolute atomic E-state index is 12.0. The molecule has 5 heteroatoms. The second-order valence-corrected chi connectivity index (χ2v) is 5.63. The van der Waals surface area contributed by atoms with Crippen LogP contribution in [-0.4, -0.2) is 17.0 Å². The van der Waals surface area contributed by atoms with Gasteiger partial charge in [-0.3, -0.25) is 14.8 Å². The van der Waals surface area contributed by atoms with E-state index in [4.69, 9.17) is 5.21 Å². The summed E-state index contributed by atoms with van der Waals surface area (Å²) in [5.41, 5.74) is 5.48. The van der Waals surface area contributed by atoms with Crippen molar-refractivity contribution in [2.75, 3.05) is 5.32 Å². The highest BCUT2D eigenvalue weighted by atomic mass is 16.5. The molecule has 0 aliphatic heterocycles. The number of carbonyl (C=O) groups excluding carboxylic acids is 2. The van der Waals surface area contributed by atoms with Crippen LogP contribution < -0.4 is 10.8 Å². The molecule has 0 atom stereocenters. The van der Waals surface area contributed by atoms with Gasteiger partial charge in [-0.25, -0.2) is 5.48 Å². The predicted molar refractivity (Wildman–Crippen MR) is 92.8 cm³/mol. The Morgan fingerprint density at radius 3 is 2.04 bits per heavy atom. The fraction of sp³-hybridized carbons (Fsp3) is 0.263. The number of hydrogen-bond donors (Lipinski definition) is 3. The van der Waals surface area contributed by atoms with E-state index in [1.807, 2.05) is 0 Å². The molecule has 0 fully saturated rings. The molecule has 0 heterocycles. The van der Waals surface area contributed by atoms with Gasteiger partial charge in [0.15, 0.2) is 0 Å². The zero-order valence-corrected chi connectivity index (χ0v) is 13.7. The zero-order chi connectivity index (χ0) is 17.4. The van der Waals surface area contributed by atoms with Crippen LogP contribution in [-0.2, 0) is 28.9 Å². The number of aryl methyl sites for hydroxylation is 2. The minimum atomic E-state index is -0.471. The van der Waals surface area contributed by atoms with Gasteiger partial charge in [0.2, 0.25) is 11.8 Å². The van der Waals surface area contributed by atoms with Crippen LogP contribution in [0.5, 0.6) is 0 Å². The number of anilines is 1. The number of rotatable bonds is 7. The summed E-state index contributed by atoms with van der Waals surface area (Å²) in [6.45, 7) is 2.12. The Balaban J connectivity index is 1.82. The van der Waals surface area contributed by atoms with Crippen molar-refractivity contribution in [3.63, 3.8) is 0 Å². The van der Waals surface area contributed by atoms with Gasteiger partial charge in [0.1, 0.15) is 0 Å². The molecule has 0 aromatic heterocycles. The average Bonchev–Trinajstić information content (AvgIpc) is 2.62. The van der Waals surface area contributed by atoms with Crippen LogP contribution in [0.25, 0.3) is 0 Å². The van der Waals surface area contributed by atoms with E-state index in [-0.39, 0.29) is 12.3 Å². The van der Waals surface area contributed by atoms with Gasteiger partial charge in [-0.15, -0.1) is 0 Å². The van der Waals surface area contributed by atoms with Gasteiger partial charge in [0, 0.05) is 12.1 Å². The van der Waals surface area contributed by atoms with Crippen LogP contribution >= 0.6 is 0 Å². The number of amides is 2. The van der Waals surface area contributed by atoms with Crippen molar-refractivity contribution in [3.05, 3.63) is 65.2 Å². The minimum Gasteiger partial charge on any atom is -0.326 e. The summed E-state index contributed by atoms with van der Waals surface area (Å²) in [6.07, 6.45) is 2.22. The van der Waals surface area contributed by atoms with Gasteiger partial charge in [-0.05, 0) is 41.7 Å². The lowest BCUT2D eigenvalue weighted by Gasteiger charge is -2.07. The van der Waals surface area contributed by atoms with Crippen molar-refractivity contribution in [1.82, 2.24) is 5.48 Å². The first-order valence-electron chi connectivity index (χ1n) is 8.00. The Bertz CT molecular complexity index is 679. The highest BCUT2D eigenvalue weighted by Gasteiger charge is 2.05. The normalized spacial score (nSPS) is 10.2. The van der Waals surface area contributed by atoms with Crippen LogP contribution in [0.4, 0.5) is 5.69 Å². The van der Waals surface area contributed by atoms with Crippen molar-refractivity contribution < 1.29 is 14.8 Å². The zero-order valence-electron chi connectivity index (χ0n) is 13.7. The van der Waals surface area contributed by atoms with Crippen molar-refractivity contribution in [2.45, 2.75) is 32.6 Å². The highest BCUT2D eigenvalue weighted by molar-refractivity contribution is 5.90. The van der Waals surface area contributed by atoms with E-state index >= 15 is 0 Å². The molecule has 2 rings (SSSR count). The first-order valence-corrected chi connectivity index (χ1v) is 8.00. The highest BCUT2D eigenvalue weighted by Crippen LogP contribution is 2.12. The Morgan fingerprint density at radius 1 is 0.875 bits per heavy atom. The molecule has 0 saturated heterocycles. The van der Waals surface area contributed by atoms with Crippen molar-refractivity contribution in [2.24, 2.45) is 0 Å². The number of hydrogen-bond acceptors (Lipinski definition) is 3. The van der Waals surface area contributed by atoms with E-state index in [0.717, 1.165) is 17.5 Å². The van der Waals surface area contributed by atoms with Gasteiger partial charge < -0.3 is 5.32 Å². The lowest BCUT2D eigenvalue weighted by atomic mass is 10.1. The lowest BCUT2D eigenvalue weighted by Crippen LogP contribution is -2.20. The molecule has 3 N–H and O–H groups in total. The largest absolute Gasteiger partial charge is 0.326 e. The quantitative estimate of drug-likeness (QED) is 0.541. The van der Waals surface area contributed by atoms with Crippen LogP contribution in [0, 0.1) is 0 Å². The summed E-state index contributed by atoms with van der Waals surface area (Å²) in [5.74, 6) is -0.517. The molecule has 0 spiro atoms. The van der Waals surface area contributed by atoms with E-state index in [2.05, 4.69) is 36.5 Å². The SMILES string of the molecule is CCc1ccc(CCC(=O)Nc2ccc(CC(=O)NO)cc2)cc1. The molecule has 2 aromatic rings. The Kier molecular flexibility index (Phi) is 6.51. The van der Waals surface area contributed by atoms with Gasteiger partial charge in [0.05, 0.1) is 6.42 Å². The maximum Gasteiger partial charge on any atom is 0.247 e. The fourth-order valence-electron chi connectivity index (χ4n) is 2.35. The second kappa shape index (κ2) is 8.84. The monoisotopic (exact) mass is 326 g/mol. The second-order valence-electron chi connectivity index (χ2n) is 5.63. The number of benzene rings is 2. The van der Waals surface area contributed by atoms with Crippen LogP contribution in [0.2, 0.25) is 0 Å². The molecule has 0 unspecified atom stereocenters. The summed E-state index contributed by atoms with van der Waals surface area (Å²) >= 11 is 0. The summed E-state index contributed by atoms with van der Waals surface area (Å²) in [6, 6.07) is 15.3. The van der Waals surface area contributed by atoms with Crippen LogP contribution in [0.15, 0.2) is 48.5 Å². The molecule has 126 valence electrons. The summed E-state index contributed by atoms with van der Waals surface area (Å²) < 4.78 is 0. The molecule has 5 nitrogen and oxygen atoms in total. The third kappa shape index (κ3) is 5.52. The van der Waals surface area contributed by atoms with Gasteiger partial charge in [-0.1, -0.05) is 43.3 Å². The topological polar surface area (TPSA) is 78.4 Å². The molecule has 0 aliphatic rings. The minimum absolute atomic E-state index is 0.0459. The third-order valence-corrected chi connectivity index (χ3v) is 3.80. The van der Waals surface area contributed by atoms with E-state index in [9.17, 15) is 9.59 Å². The van der Waals surface area contributed by atoms with E-state index < -0.39 is 5.91 Å². The first kappa shape index (κ1) is 17.7. The molecule has 2 aromatic carbocycles. The van der Waals surface area contributed by atoms with E-state index in [1.54, 1.807) is 29.7 Å². The summed E-state index contributed by atoms with van der Waals surface area (Å²) in [7, 11) is 0. The number of nitrogens with one attached hydrogen (secondary N) is 2. The fourth-order valence-corrected chi connectivity index (χ4v) is 2.35. The Hall–Kier alpha value is -2.66. The third-order valence-electron chi connectivity index (χ3n) is 3.80. The number of carbonyl (C=O) groups is 2. The average molecular weight is 326 g/mol. The molecule has 24 heavy (non-hydrogen) atoms. The first-order chi connectivity index (χ1) is 11.6. The van der Waals surface area contributed by atoms with E-state index in [0.29, 0.717) is 18.5 Å². The van der Waals surface area contributed by atoms with Crippen LogP contribution in [0.1, 0.15) is 30.0 Å². The summed E-state index contributed by atoms with van der Waals surface area (Å²) in [4.78, 5) is 23.1. The Labute approximate surface area is 141 Å². The van der Waals surface area contributed by atoms with Crippen molar-refractivity contribution in [3.8, 4) is 0 Å². The van der Waals surface area contributed by atoms with Crippen molar-refractivity contribution in [1.29, 1.82) is 0 Å². The Morgan fingerprint density at radius 2 is 1.46 bits per heavy atom. The standard InChI is InChI=1S/C19H22N2O3/c1-2-14-3-5-15(6-4-14)9-12-18(22)20-17-10-7-16(8-11-17)13-19(23)21-24/h3-8,10-11,24H,2,9,12-13H2,1H3,(H,20,22)(H,21,23). The summed E-state index contributed by atoms with van der Waals surface area (Å²) in [5, 5.41) is 11.3. The van der Waals surface area contributed by atoms with E-state index in [1.165, 1.54) is 5.56 Å². The lowest BCUT2D eigenvalue weighted by molar-refractivity contribution is -0.128. The molecule has 0 bridgehead atoms. The van der Waals surface area contributed by atoms with Gasteiger partial charge >= 0.3 is 0 Å². The van der Waals surface area contributed by atoms with Gasteiger partial charge in [-0.2, -0.15) is 0 Å². The molecular formula is C19H22N2O3. The predicted octanol–water partition coefficient (Wildman–Crippen LogP) is 2.87. The number of hydroxylamine groups is 1.